The lowest BCUT2D eigenvalue weighted by molar-refractivity contribution is 0.0746. The Hall–Kier alpha value is -1.72. The number of rotatable bonds is 4. The molecule has 7 heteroatoms. The maximum atomic E-state index is 13.0. The van der Waals surface area contributed by atoms with Crippen LogP contribution in [0.15, 0.2) is 24.3 Å². The van der Waals surface area contributed by atoms with Crippen molar-refractivity contribution >= 4 is 34.8 Å². The van der Waals surface area contributed by atoms with Gasteiger partial charge in [-0.05, 0) is 25.0 Å². The van der Waals surface area contributed by atoms with Gasteiger partial charge >= 0.3 is 0 Å². The summed E-state index contributed by atoms with van der Waals surface area (Å²) in [6, 6.07) is 7.80. The Bertz CT molecular complexity index is 795. The van der Waals surface area contributed by atoms with Crippen LogP contribution in [0, 0.1) is 12.8 Å². The molecular formula is C19H24Cl2N4O. The van der Waals surface area contributed by atoms with E-state index < -0.39 is 0 Å². The topological polar surface area (TPSA) is 41.4 Å². The van der Waals surface area contributed by atoms with Gasteiger partial charge in [0, 0.05) is 32.7 Å². The van der Waals surface area contributed by atoms with Gasteiger partial charge in [0.2, 0.25) is 0 Å². The molecule has 140 valence electrons. The smallest absolute Gasteiger partial charge is 0.259 e. The monoisotopic (exact) mass is 394 g/mol. The molecule has 1 aromatic carbocycles. The Labute approximate surface area is 164 Å². The van der Waals surface area contributed by atoms with Crippen LogP contribution >= 0.6 is 23.2 Å². The molecule has 1 amide bonds. The first kappa shape index (κ1) is 19.1. The highest BCUT2D eigenvalue weighted by atomic mass is 35.5. The highest BCUT2D eigenvalue weighted by Crippen LogP contribution is 2.27. The van der Waals surface area contributed by atoms with Crippen molar-refractivity contribution in [2.24, 2.45) is 5.92 Å². The van der Waals surface area contributed by atoms with Gasteiger partial charge in [0.25, 0.3) is 5.91 Å². The molecule has 0 radical (unpaired) electrons. The first-order valence-electron chi connectivity index (χ1n) is 8.90. The highest BCUT2D eigenvalue weighted by molar-refractivity contribution is 6.33. The number of aryl methyl sites for hydroxylation is 1. The van der Waals surface area contributed by atoms with E-state index in [1.165, 1.54) is 0 Å². The molecule has 2 aromatic rings. The first-order valence-corrected chi connectivity index (χ1v) is 9.65. The minimum Gasteiger partial charge on any atom is -0.367 e. The van der Waals surface area contributed by atoms with E-state index >= 15 is 0 Å². The van der Waals surface area contributed by atoms with Crippen LogP contribution in [0.25, 0.3) is 0 Å². The number of nitrogens with zero attached hydrogens (tertiary/aromatic N) is 4. The molecule has 0 atom stereocenters. The van der Waals surface area contributed by atoms with E-state index in [9.17, 15) is 4.79 Å². The highest BCUT2D eigenvalue weighted by Gasteiger charge is 2.28. The zero-order chi connectivity index (χ0) is 18.8. The lowest BCUT2D eigenvalue weighted by Gasteiger charge is -2.36. The van der Waals surface area contributed by atoms with Crippen LogP contribution in [0.4, 0.5) is 5.69 Å². The number of hydrogen-bond donors (Lipinski definition) is 0. The quantitative estimate of drug-likeness (QED) is 0.782. The number of benzene rings is 1. The second-order valence-electron chi connectivity index (χ2n) is 7.06. The number of aromatic nitrogens is 2. The SMILES string of the molecule is Cc1nn(CC(C)C)c(Cl)c1C(=O)N1CCN(c2ccccc2Cl)CC1. The minimum absolute atomic E-state index is 0.0404. The fraction of sp³-hybridized carbons (Fsp3) is 0.474. The lowest BCUT2D eigenvalue weighted by Crippen LogP contribution is -2.49. The largest absolute Gasteiger partial charge is 0.367 e. The predicted molar refractivity (Wildman–Crippen MR) is 106 cm³/mol. The van der Waals surface area contributed by atoms with Crippen molar-refractivity contribution in [2.75, 3.05) is 31.1 Å². The van der Waals surface area contributed by atoms with Crippen LogP contribution < -0.4 is 4.90 Å². The van der Waals surface area contributed by atoms with E-state index in [1.54, 1.807) is 4.68 Å². The van der Waals surface area contributed by atoms with Crippen molar-refractivity contribution in [2.45, 2.75) is 27.3 Å². The van der Waals surface area contributed by atoms with E-state index in [1.807, 2.05) is 36.1 Å². The van der Waals surface area contributed by atoms with E-state index in [2.05, 4.69) is 23.8 Å². The van der Waals surface area contributed by atoms with Gasteiger partial charge in [-0.3, -0.25) is 9.48 Å². The van der Waals surface area contributed by atoms with Gasteiger partial charge in [-0.15, -0.1) is 0 Å². The molecule has 0 N–H and O–H groups in total. The lowest BCUT2D eigenvalue weighted by atomic mass is 10.2. The summed E-state index contributed by atoms with van der Waals surface area (Å²) in [5.41, 5.74) is 2.23. The summed E-state index contributed by atoms with van der Waals surface area (Å²) in [5, 5.41) is 5.63. The fourth-order valence-corrected chi connectivity index (χ4v) is 3.86. The van der Waals surface area contributed by atoms with Crippen molar-refractivity contribution in [3.05, 3.63) is 45.7 Å². The van der Waals surface area contributed by atoms with Crippen molar-refractivity contribution in [1.29, 1.82) is 0 Å². The summed E-state index contributed by atoms with van der Waals surface area (Å²) in [4.78, 5) is 17.1. The third-order valence-electron chi connectivity index (χ3n) is 4.58. The van der Waals surface area contributed by atoms with E-state index in [-0.39, 0.29) is 5.91 Å². The molecular weight excluding hydrogens is 371 g/mol. The molecule has 1 fully saturated rings. The molecule has 1 saturated heterocycles. The summed E-state index contributed by atoms with van der Waals surface area (Å²) >= 11 is 12.7. The molecule has 1 aliphatic heterocycles. The number of para-hydroxylation sites is 1. The molecule has 0 spiro atoms. The molecule has 0 aliphatic carbocycles. The van der Waals surface area contributed by atoms with Gasteiger partial charge in [-0.1, -0.05) is 49.2 Å². The standard InChI is InChI=1S/C19H24Cl2N4O/c1-13(2)12-25-18(21)17(14(3)22-25)19(26)24-10-8-23(9-11-24)16-7-5-4-6-15(16)20/h4-7,13H,8-12H2,1-3H3. The van der Waals surface area contributed by atoms with Gasteiger partial charge in [-0.2, -0.15) is 5.10 Å². The van der Waals surface area contributed by atoms with Crippen molar-refractivity contribution in [1.82, 2.24) is 14.7 Å². The van der Waals surface area contributed by atoms with Crippen LogP contribution in [-0.2, 0) is 6.54 Å². The average molecular weight is 395 g/mol. The molecule has 26 heavy (non-hydrogen) atoms. The Morgan fingerprint density at radius 2 is 1.81 bits per heavy atom. The Balaban J connectivity index is 1.71. The normalized spacial score (nSPS) is 15.0. The van der Waals surface area contributed by atoms with E-state index in [0.717, 1.165) is 23.8 Å². The third-order valence-corrected chi connectivity index (χ3v) is 5.28. The number of amides is 1. The number of hydrogen-bond acceptors (Lipinski definition) is 3. The third kappa shape index (κ3) is 3.84. The molecule has 5 nitrogen and oxygen atoms in total. The van der Waals surface area contributed by atoms with Gasteiger partial charge < -0.3 is 9.80 Å². The van der Waals surface area contributed by atoms with E-state index in [4.69, 9.17) is 23.2 Å². The van der Waals surface area contributed by atoms with Crippen LogP contribution in [-0.4, -0.2) is 46.8 Å². The average Bonchev–Trinajstić information content (AvgIpc) is 2.88. The zero-order valence-electron chi connectivity index (χ0n) is 15.4. The van der Waals surface area contributed by atoms with Crippen LogP contribution in [0.2, 0.25) is 10.2 Å². The van der Waals surface area contributed by atoms with Gasteiger partial charge in [0.15, 0.2) is 0 Å². The maximum absolute atomic E-state index is 13.0. The number of carbonyl (C=O) groups excluding carboxylic acids is 1. The minimum atomic E-state index is -0.0404. The number of anilines is 1. The Morgan fingerprint density at radius 3 is 2.42 bits per heavy atom. The molecule has 2 heterocycles. The summed E-state index contributed by atoms with van der Waals surface area (Å²) < 4.78 is 1.73. The van der Waals surface area contributed by atoms with Crippen LogP contribution in [0.3, 0.4) is 0 Å². The predicted octanol–water partition coefficient (Wildman–Crippen LogP) is 4.12. The van der Waals surface area contributed by atoms with Crippen LogP contribution in [0.5, 0.6) is 0 Å². The molecule has 1 aromatic heterocycles. The van der Waals surface area contributed by atoms with Crippen LogP contribution in [0.1, 0.15) is 29.9 Å². The molecule has 3 rings (SSSR count). The molecule has 0 saturated carbocycles. The van der Waals surface area contributed by atoms with Crippen molar-refractivity contribution in [3.63, 3.8) is 0 Å². The van der Waals surface area contributed by atoms with E-state index in [0.29, 0.717) is 42.0 Å². The zero-order valence-corrected chi connectivity index (χ0v) is 16.9. The fourth-order valence-electron chi connectivity index (χ4n) is 3.28. The number of piperazine rings is 1. The van der Waals surface area contributed by atoms with Crippen molar-refractivity contribution in [3.8, 4) is 0 Å². The van der Waals surface area contributed by atoms with Gasteiger partial charge in [-0.25, -0.2) is 0 Å². The summed E-state index contributed by atoms with van der Waals surface area (Å²) in [7, 11) is 0. The van der Waals surface area contributed by atoms with Gasteiger partial charge in [0.05, 0.1) is 22.0 Å². The summed E-state index contributed by atoms with van der Waals surface area (Å²) in [5.74, 6) is 0.371. The molecule has 0 unspecified atom stereocenters. The Kier molecular flexibility index (Phi) is 5.78. The molecule has 1 aliphatic rings. The van der Waals surface area contributed by atoms with Gasteiger partial charge in [0.1, 0.15) is 5.15 Å². The number of carbonyl (C=O) groups is 1. The first-order chi connectivity index (χ1) is 12.4. The summed E-state index contributed by atoms with van der Waals surface area (Å²) in [6.07, 6.45) is 0. The maximum Gasteiger partial charge on any atom is 0.259 e. The van der Waals surface area contributed by atoms with Crippen molar-refractivity contribution < 1.29 is 4.79 Å². The number of halogens is 2. The Morgan fingerprint density at radius 1 is 1.15 bits per heavy atom. The summed E-state index contributed by atoms with van der Waals surface area (Å²) in [6.45, 7) is 9.50. The second-order valence-corrected chi connectivity index (χ2v) is 7.82. The molecule has 0 bridgehead atoms. The second kappa shape index (κ2) is 7.89.